The van der Waals surface area contributed by atoms with Crippen molar-refractivity contribution in [3.63, 3.8) is 0 Å². The smallest absolute Gasteiger partial charge is 0.305 e. The Kier molecular flexibility index (Phi) is 11.1. The lowest BCUT2D eigenvalue weighted by atomic mass is 9.97. The second-order valence-corrected chi connectivity index (χ2v) is 6.20. The third-order valence-corrected chi connectivity index (χ3v) is 4.18. The molecule has 0 aromatic heterocycles. The van der Waals surface area contributed by atoms with E-state index in [0.29, 0.717) is 31.6 Å². The van der Waals surface area contributed by atoms with Gasteiger partial charge in [-0.25, -0.2) is 0 Å². The third kappa shape index (κ3) is 8.85. The Labute approximate surface area is 155 Å². The van der Waals surface area contributed by atoms with Crippen LogP contribution in [0.5, 0.6) is 5.75 Å². The predicted octanol–water partition coefficient (Wildman–Crippen LogP) is 3.13. The zero-order valence-electron chi connectivity index (χ0n) is 15.5. The van der Waals surface area contributed by atoms with E-state index in [1.807, 2.05) is 18.2 Å². The highest BCUT2D eigenvalue weighted by Crippen LogP contribution is 2.26. The van der Waals surface area contributed by atoms with Gasteiger partial charge in [0.2, 0.25) is 0 Å². The number of unbranched alkanes of at least 4 members (excludes halogenated alkanes) is 3. The maximum atomic E-state index is 11.2. The number of hydrogen-bond acceptors (Lipinski definition) is 5. The number of carboxylic acids is 1. The van der Waals surface area contributed by atoms with Crippen molar-refractivity contribution in [3.05, 3.63) is 29.3 Å². The normalized spacial score (nSPS) is 10.5. The van der Waals surface area contributed by atoms with Crippen molar-refractivity contribution < 1.29 is 29.3 Å². The van der Waals surface area contributed by atoms with E-state index in [9.17, 15) is 9.59 Å². The Morgan fingerprint density at radius 3 is 2.46 bits per heavy atom. The highest BCUT2D eigenvalue weighted by molar-refractivity contribution is 5.69. The Bertz CT molecular complexity index is 555. The predicted molar refractivity (Wildman–Crippen MR) is 98.4 cm³/mol. The molecule has 0 heterocycles. The van der Waals surface area contributed by atoms with Crippen LogP contribution in [0.2, 0.25) is 0 Å². The number of aryl methyl sites for hydroxylation is 1. The van der Waals surface area contributed by atoms with Gasteiger partial charge in [-0.3, -0.25) is 9.59 Å². The third-order valence-electron chi connectivity index (χ3n) is 4.18. The molecular weight excluding hydrogens is 336 g/mol. The molecule has 1 aromatic rings. The van der Waals surface area contributed by atoms with Crippen molar-refractivity contribution in [2.24, 2.45) is 0 Å². The largest absolute Gasteiger partial charge is 0.493 e. The number of carbonyl (C=O) groups excluding carboxylic acids is 1. The van der Waals surface area contributed by atoms with Crippen LogP contribution >= 0.6 is 0 Å². The van der Waals surface area contributed by atoms with Crippen LogP contribution in [0.3, 0.4) is 0 Å². The molecule has 0 amide bonds. The Morgan fingerprint density at radius 2 is 1.77 bits per heavy atom. The van der Waals surface area contributed by atoms with Gasteiger partial charge in [0.1, 0.15) is 5.75 Å². The summed E-state index contributed by atoms with van der Waals surface area (Å²) < 4.78 is 10.4. The number of rotatable bonds is 14. The first-order valence-corrected chi connectivity index (χ1v) is 9.21. The molecule has 6 heteroatoms. The molecule has 6 nitrogen and oxygen atoms in total. The minimum absolute atomic E-state index is 0.0556. The average Bonchev–Trinajstić information content (AvgIpc) is 2.63. The summed E-state index contributed by atoms with van der Waals surface area (Å²) >= 11 is 0. The molecule has 1 rings (SSSR count). The van der Waals surface area contributed by atoms with Gasteiger partial charge in [0, 0.05) is 19.4 Å². The van der Waals surface area contributed by atoms with Crippen molar-refractivity contribution in [1.82, 2.24) is 0 Å². The number of methoxy groups -OCH3 is 1. The van der Waals surface area contributed by atoms with Gasteiger partial charge in [0.15, 0.2) is 0 Å². The fourth-order valence-electron chi connectivity index (χ4n) is 2.78. The number of aliphatic hydroxyl groups is 1. The minimum Gasteiger partial charge on any atom is -0.493 e. The number of hydrogen-bond donors (Lipinski definition) is 2. The molecule has 0 aliphatic rings. The first-order valence-electron chi connectivity index (χ1n) is 9.21. The SMILES string of the molecule is COC(=O)CCCOc1cccc(CCCCCCO)c1CCC(=O)O. The van der Waals surface area contributed by atoms with Crippen LogP contribution in [0.4, 0.5) is 0 Å². The quantitative estimate of drug-likeness (QED) is 0.388. The first-order chi connectivity index (χ1) is 12.6. The molecule has 0 saturated carbocycles. The van der Waals surface area contributed by atoms with Gasteiger partial charge in [0.25, 0.3) is 0 Å². The van der Waals surface area contributed by atoms with E-state index < -0.39 is 5.97 Å². The summed E-state index contributed by atoms with van der Waals surface area (Å²) in [5.74, 6) is -0.403. The number of aliphatic hydroxyl groups excluding tert-OH is 1. The summed E-state index contributed by atoms with van der Waals surface area (Å²) in [5.41, 5.74) is 2.05. The maximum Gasteiger partial charge on any atom is 0.305 e. The fourth-order valence-corrected chi connectivity index (χ4v) is 2.78. The highest BCUT2D eigenvalue weighted by Gasteiger charge is 2.12. The van der Waals surface area contributed by atoms with E-state index in [4.69, 9.17) is 14.9 Å². The van der Waals surface area contributed by atoms with Gasteiger partial charge in [0.05, 0.1) is 13.7 Å². The number of aliphatic carboxylic acids is 1. The van der Waals surface area contributed by atoms with Crippen LogP contribution in [0.1, 0.15) is 56.1 Å². The topological polar surface area (TPSA) is 93.1 Å². The van der Waals surface area contributed by atoms with E-state index in [0.717, 1.165) is 43.2 Å². The summed E-state index contributed by atoms with van der Waals surface area (Å²) in [6.07, 6.45) is 6.02. The monoisotopic (exact) mass is 366 g/mol. The van der Waals surface area contributed by atoms with E-state index in [-0.39, 0.29) is 19.0 Å². The second-order valence-electron chi connectivity index (χ2n) is 6.20. The van der Waals surface area contributed by atoms with Gasteiger partial charge < -0.3 is 19.7 Å². The Hall–Kier alpha value is -2.08. The van der Waals surface area contributed by atoms with Crippen LogP contribution in [0.15, 0.2) is 18.2 Å². The van der Waals surface area contributed by atoms with Crippen molar-refractivity contribution >= 4 is 11.9 Å². The van der Waals surface area contributed by atoms with E-state index in [2.05, 4.69) is 4.74 Å². The molecule has 146 valence electrons. The summed E-state index contributed by atoms with van der Waals surface area (Å²) in [6, 6.07) is 5.79. The molecule has 26 heavy (non-hydrogen) atoms. The summed E-state index contributed by atoms with van der Waals surface area (Å²) in [5, 5.41) is 17.9. The van der Waals surface area contributed by atoms with Crippen LogP contribution in [0, 0.1) is 0 Å². The lowest BCUT2D eigenvalue weighted by Gasteiger charge is -2.15. The number of benzene rings is 1. The summed E-state index contributed by atoms with van der Waals surface area (Å²) in [6.45, 7) is 0.605. The first kappa shape index (κ1) is 22.0. The maximum absolute atomic E-state index is 11.2. The highest BCUT2D eigenvalue weighted by atomic mass is 16.5. The van der Waals surface area contributed by atoms with Crippen LogP contribution in [-0.4, -0.2) is 42.5 Å². The molecule has 0 saturated heterocycles. The Morgan fingerprint density at radius 1 is 1.00 bits per heavy atom. The Balaban J connectivity index is 2.68. The fraction of sp³-hybridized carbons (Fsp3) is 0.600. The van der Waals surface area contributed by atoms with Crippen molar-refractivity contribution in [2.45, 2.75) is 57.8 Å². The van der Waals surface area contributed by atoms with Crippen LogP contribution in [-0.2, 0) is 27.2 Å². The van der Waals surface area contributed by atoms with Gasteiger partial charge in [-0.05, 0) is 49.3 Å². The molecular formula is C20H30O6. The van der Waals surface area contributed by atoms with Crippen LogP contribution < -0.4 is 4.74 Å². The average molecular weight is 366 g/mol. The molecule has 2 N–H and O–H groups in total. The molecule has 0 bridgehead atoms. The molecule has 1 aromatic carbocycles. The molecule has 0 unspecified atom stereocenters. The summed E-state index contributed by atoms with van der Waals surface area (Å²) in [7, 11) is 1.36. The second kappa shape index (κ2) is 13.2. The van der Waals surface area contributed by atoms with Gasteiger partial charge in [-0.1, -0.05) is 25.0 Å². The van der Waals surface area contributed by atoms with Crippen molar-refractivity contribution in [2.75, 3.05) is 20.3 Å². The number of esters is 1. The lowest BCUT2D eigenvalue weighted by molar-refractivity contribution is -0.141. The standard InChI is InChI=1S/C20H30O6/c1-25-20(24)11-7-15-26-18-10-6-9-16(8-4-2-3-5-14-21)17(18)12-13-19(22)23/h6,9-10,21H,2-5,7-8,11-15H2,1H3,(H,22,23). The zero-order chi connectivity index (χ0) is 19.2. The lowest BCUT2D eigenvalue weighted by Crippen LogP contribution is -2.08. The summed E-state index contributed by atoms with van der Waals surface area (Å²) in [4.78, 5) is 22.1. The molecule has 0 aliphatic heterocycles. The van der Waals surface area contributed by atoms with Crippen molar-refractivity contribution in [3.8, 4) is 5.75 Å². The molecule has 0 atom stereocenters. The van der Waals surface area contributed by atoms with Gasteiger partial charge >= 0.3 is 11.9 Å². The van der Waals surface area contributed by atoms with E-state index >= 15 is 0 Å². The molecule has 0 spiro atoms. The van der Waals surface area contributed by atoms with Gasteiger partial charge in [-0.15, -0.1) is 0 Å². The van der Waals surface area contributed by atoms with Crippen molar-refractivity contribution in [1.29, 1.82) is 0 Å². The number of ether oxygens (including phenoxy) is 2. The number of carbonyl (C=O) groups is 2. The molecule has 0 aliphatic carbocycles. The van der Waals surface area contributed by atoms with Crippen LogP contribution in [0.25, 0.3) is 0 Å². The van der Waals surface area contributed by atoms with Gasteiger partial charge in [-0.2, -0.15) is 0 Å². The number of carboxylic acid groups (broad SMARTS) is 1. The molecule has 0 fully saturated rings. The van der Waals surface area contributed by atoms with E-state index in [1.54, 1.807) is 0 Å². The minimum atomic E-state index is -0.834. The zero-order valence-corrected chi connectivity index (χ0v) is 15.5. The molecule has 0 radical (unpaired) electrons. The van der Waals surface area contributed by atoms with E-state index in [1.165, 1.54) is 7.11 Å².